The van der Waals surface area contributed by atoms with Gasteiger partial charge in [-0.2, -0.15) is 0 Å². The molecule has 0 bridgehead atoms. The van der Waals surface area contributed by atoms with E-state index in [2.05, 4.69) is 5.32 Å². The molecule has 1 heterocycles. The molecule has 0 radical (unpaired) electrons. The van der Waals surface area contributed by atoms with E-state index in [0.717, 1.165) is 0 Å². The van der Waals surface area contributed by atoms with Crippen molar-refractivity contribution >= 4 is 17.8 Å². The summed E-state index contributed by atoms with van der Waals surface area (Å²) in [5.74, 6) is -1.64. The molecule has 116 valence electrons. The molecule has 0 saturated heterocycles. The lowest BCUT2D eigenvalue weighted by Crippen LogP contribution is -2.49. The number of aliphatic carboxylic acids is 1. The van der Waals surface area contributed by atoms with E-state index in [-0.39, 0.29) is 31.2 Å². The first-order chi connectivity index (χ1) is 9.71. The maximum atomic E-state index is 12.1. The molecule has 0 atom stereocenters. The Hall–Kier alpha value is -2.31. The minimum absolute atomic E-state index is 0.0248. The van der Waals surface area contributed by atoms with Crippen molar-refractivity contribution in [3.63, 3.8) is 0 Å². The molecule has 7 heteroatoms. The first-order valence-corrected chi connectivity index (χ1v) is 6.56. The molecule has 2 N–H and O–H groups in total. The highest BCUT2D eigenvalue weighted by Crippen LogP contribution is 2.14. The minimum Gasteiger partial charge on any atom is -0.480 e. The lowest BCUT2D eigenvalue weighted by molar-refractivity contribution is -0.148. The molecule has 2 amide bonds. The van der Waals surface area contributed by atoms with Gasteiger partial charge in [0.15, 0.2) is 5.76 Å². The third-order valence-corrected chi connectivity index (χ3v) is 2.77. The van der Waals surface area contributed by atoms with E-state index < -0.39 is 17.4 Å². The number of furan rings is 1. The van der Waals surface area contributed by atoms with Gasteiger partial charge in [-0.15, -0.1) is 0 Å². The molecule has 21 heavy (non-hydrogen) atoms. The van der Waals surface area contributed by atoms with Gasteiger partial charge in [0.2, 0.25) is 5.91 Å². The number of nitrogens with zero attached hydrogens (tertiary/aromatic N) is 1. The van der Waals surface area contributed by atoms with Crippen LogP contribution in [0, 0.1) is 0 Å². The van der Waals surface area contributed by atoms with Gasteiger partial charge in [-0.1, -0.05) is 0 Å². The van der Waals surface area contributed by atoms with E-state index in [1.807, 2.05) is 0 Å². The third-order valence-electron chi connectivity index (χ3n) is 2.77. The number of carbonyl (C=O) groups is 3. The molecule has 7 nitrogen and oxygen atoms in total. The van der Waals surface area contributed by atoms with E-state index in [4.69, 9.17) is 9.52 Å². The number of rotatable bonds is 6. The van der Waals surface area contributed by atoms with Crippen LogP contribution in [0.15, 0.2) is 22.8 Å². The Morgan fingerprint density at radius 1 is 1.33 bits per heavy atom. The Balaban J connectivity index is 2.50. The van der Waals surface area contributed by atoms with Crippen LogP contribution in [0.2, 0.25) is 0 Å². The highest BCUT2D eigenvalue weighted by atomic mass is 16.4. The van der Waals surface area contributed by atoms with E-state index in [9.17, 15) is 14.4 Å². The standard InChI is InChI=1S/C14H20N2O5/c1-14(2,3)16(9-12(18)19)11(17)6-7-15-13(20)10-5-4-8-21-10/h4-5,8H,6-7,9H2,1-3H3,(H,15,20)(H,18,19). The van der Waals surface area contributed by atoms with E-state index in [1.54, 1.807) is 26.8 Å². The summed E-state index contributed by atoms with van der Waals surface area (Å²) < 4.78 is 4.92. The third kappa shape index (κ3) is 5.29. The SMILES string of the molecule is CC(C)(C)N(CC(=O)O)C(=O)CCNC(=O)c1ccco1. The predicted molar refractivity (Wildman–Crippen MR) is 74.8 cm³/mol. The molecule has 0 fully saturated rings. The Kier molecular flexibility index (Phi) is 5.52. The smallest absolute Gasteiger partial charge is 0.323 e. The Labute approximate surface area is 122 Å². The van der Waals surface area contributed by atoms with Crippen LogP contribution in [0.4, 0.5) is 0 Å². The first-order valence-electron chi connectivity index (χ1n) is 6.56. The van der Waals surface area contributed by atoms with Gasteiger partial charge in [-0.05, 0) is 32.9 Å². The second kappa shape index (κ2) is 6.92. The average molecular weight is 296 g/mol. The zero-order chi connectivity index (χ0) is 16.0. The molecule has 0 spiro atoms. The lowest BCUT2D eigenvalue weighted by Gasteiger charge is -2.34. The predicted octanol–water partition coefficient (Wildman–Crippen LogP) is 1.11. The number of carboxylic acids is 1. The summed E-state index contributed by atoms with van der Waals surface area (Å²) in [6, 6.07) is 3.11. The fourth-order valence-corrected chi connectivity index (χ4v) is 1.75. The summed E-state index contributed by atoms with van der Waals surface area (Å²) >= 11 is 0. The molecule has 0 saturated carbocycles. The van der Waals surface area contributed by atoms with Gasteiger partial charge in [0, 0.05) is 18.5 Å². The highest BCUT2D eigenvalue weighted by molar-refractivity contribution is 5.91. The number of amides is 2. The van der Waals surface area contributed by atoms with E-state index in [0.29, 0.717) is 0 Å². The maximum absolute atomic E-state index is 12.1. The monoisotopic (exact) mass is 296 g/mol. The summed E-state index contributed by atoms with van der Waals surface area (Å²) in [7, 11) is 0. The fourth-order valence-electron chi connectivity index (χ4n) is 1.75. The van der Waals surface area contributed by atoms with Crippen molar-refractivity contribution in [3.8, 4) is 0 Å². The zero-order valence-electron chi connectivity index (χ0n) is 12.4. The highest BCUT2D eigenvalue weighted by Gasteiger charge is 2.28. The fraction of sp³-hybridized carbons (Fsp3) is 0.500. The van der Waals surface area contributed by atoms with Crippen LogP contribution in [-0.4, -0.2) is 46.4 Å². The summed E-state index contributed by atoms with van der Waals surface area (Å²) in [6.07, 6.45) is 1.41. The average Bonchev–Trinajstić information content (AvgIpc) is 2.87. The van der Waals surface area contributed by atoms with Gasteiger partial charge in [0.05, 0.1) is 6.26 Å². The number of carbonyl (C=O) groups excluding carboxylic acids is 2. The van der Waals surface area contributed by atoms with Crippen molar-refractivity contribution in [1.82, 2.24) is 10.2 Å². The van der Waals surface area contributed by atoms with Crippen molar-refractivity contribution in [2.75, 3.05) is 13.1 Å². The normalized spacial score (nSPS) is 11.0. The second-order valence-corrected chi connectivity index (χ2v) is 5.53. The molecule has 0 unspecified atom stereocenters. The van der Waals surface area contributed by atoms with Crippen LogP contribution in [-0.2, 0) is 9.59 Å². The zero-order valence-corrected chi connectivity index (χ0v) is 12.4. The molecule has 0 aliphatic rings. The topological polar surface area (TPSA) is 99.9 Å². The van der Waals surface area contributed by atoms with E-state index in [1.165, 1.54) is 17.2 Å². The van der Waals surface area contributed by atoms with Crippen molar-refractivity contribution < 1.29 is 23.9 Å². The molecular formula is C14H20N2O5. The molecule has 0 aliphatic carbocycles. The summed E-state index contributed by atoms with van der Waals surface area (Å²) in [5.41, 5.74) is -0.597. The molecule has 1 aromatic rings. The van der Waals surface area contributed by atoms with Crippen molar-refractivity contribution in [2.24, 2.45) is 0 Å². The Morgan fingerprint density at radius 2 is 2.00 bits per heavy atom. The quantitative estimate of drug-likeness (QED) is 0.819. The number of nitrogens with one attached hydrogen (secondary N) is 1. The summed E-state index contributed by atoms with van der Waals surface area (Å²) in [5, 5.41) is 11.4. The second-order valence-electron chi connectivity index (χ2n) is 5.53. The lowest BCUT2D eigenvalue weighted by atomic mass is 10.1. The van der Waals surface area contributed by atoms with Crippen LogP contribution in [0.1, 0.15) is 37.7 Å². The number of hydrogen-bond donors (Lipinski definition) is 2. The minimum atomic E-state index is -1.07. The van der Waals surface area contributed by atoms with Gasteiger partial charge in [0.25, 0.3) is 5.91 Å². The maximum Gasteiger partial charge on any atom is 0.323 e. The molecule has 0 aliphatic heterocycles. The number of carboxylic acid groups (broad SMARTS) is 1. The van der Waals surface area contributed by atoms with Crippen molar-refractivity contribution in [2.45, 2.75) is 32.7 Å². The molecule has 1 rings (SSSR count). The van der Waals surface area contributed by atoms with Crippen LogP contribution in [0.5, 0.6) is 0 Å². The van der Waals surface area contributed by atoms with E-state index >= 15 is 0 Å². The molecule has 0 aromatic carbocycles. The number of hydrogen-bond acceptors (Lipinski definition) is 4. The summed E-state index contributed by atoms with van der Waals surface area (Å²) in [6.45, 7) is 5.03. The van der Waals surface area contributed by atoms with Crippen LogP contribution >= 0.6 is 0 Å². The van der Waals surface area contributed by atoms with Gasteiger partial charge >= 0.3 is 5.97 Å². The van der Waals surface area contributed by atoms with Crippen molar-refractivity contribution in [3.05, 3.63) is 24.2 Å². The Bertz CT molecular complexity index is 502. The van der Waals surface area contributed by atoms with Crippen LogP contribution < -0.4 is 5.32 Å². The summed E-state index contributed by atoms with van der Waals surface area (Å²) in [4.78, 5) is 35.8. The first kappa shape index (κ1) is 16.7. The van der Waals surface area contributed by atoms with Crippen molar-refractivity contribution in [1.29, 1.82) is 0 Å². The molecule has 1 aromatic heterocycles. The van der Waals surface area contributed by atoms with Gasteiger partial charge in [-0.3, -0.25) is 14.4 Å². The van der Waals surface area contributed by atoms with Crippen LogP contribution in [0.25, 0.3) is 0 Å². The van der Waals surface area contributed by atoms with Crippen LogP contribution in [0.3, 0.4) is 0 Å². The Morgan fingerprint density at radius 3 is 2.48 bits per heavy atom. The molecular weight excluding hydrogens is 276 g/mol. The largest absolute Gasteiger partial charge is 0.480 e. The van der Waals surface area contributed by atoms with Gasteiger partial charge < -0.3 is 19.7 Å². The van der Waals surface area contributed by atoms with Gasteiger partial charge in [0.1, 0.15) is 6.54 Å². The van der Waals surface area contributed by atoms with Gasteiger partial charge in [-0.25, -0.2) is 0 Å².